The molecular formula is C18H15BrF4N2O3. The van der Waals surface area contributed by atoms with Crippen molar-refractivity contribution in [2.24, 2.45) is 4.99 Å². The van der Waals surface area contributed by atoms with Crippen LogP contribution in [0.1, 0.15) is 12.5 Å². The molecule has 10 heteroatoms. The van der Waals surface area contributed by atoms with Crippen LogP contribution in [-0.4, -0.2) is 31.1 Å². The molecule has 0 aliphatic heterocycles. The Kier molecular flexibility index (Phi) is 7.38. The van der Waals surface area contributed by atoms with E-state index in [1.54, 1.807) is 31.2 Å². The predicted octanol–water partition coefficient (Wildman–Crippen LogP) is 5.70. The van der Waals surface area contributed by atoms with Crippen LogP contribution in [0.4, 0.5) is 28.0 Å². The minimum absolute atomic E-state index is 0.0870. The largest absolute Gasteiger partial charge is 0.477 e. The smallest absolute Gasteiger partial charge is 0.461 e. The molecule has 2 aromatic carbocycles. The lowest BCUT2D eigenvalue weighted by Crippen LogP contribution is -2.33. The summed E-state index contributed by atoms with van der Waals surface area (Å²) >= 11 is 3.34. The van der Waals surface area contributed by atoms with Gasteiger partial charge in [0.05, 0.1) is 12.2 Å². The van der Waals surface area contributed by atoms with Gasteiger partial charge in [0.1, 0.15) is 5.75 Å². The molecule has 0 aromatic heterocycles. The van der Waals surface area contributed by atoms with Crippen molar-refractivity contribution in [2.45, 2.75) is 19.5 Å². The molecule has 0 aliphatic carbocycles. The van der Waals surface area contributed by atoms with Crippen LogP contribution >= 0.6 is 15.9 Å². The number of rotatable bonds is 6. The van der Waals surface area contributed by atoms with Gasteiger partial charge in [-0.25, -0.2) is 4.79 Å². The Labute approximate surface area is 166 Å². The molecule has 5 nitrogen and oxygen atoms in total. The van der Waals surface area contributed by atoms with Crippen LogP contribution in [0.5, 0.6) is 5.75 Å². The first-order valence-corrected chi connectivity index (χ1v) is 8.74. The number of halogens is 5. The van der Waals surface area contributed by atoms with Crippen LogP contribution < -0.4 is 10.1 Å². The number of nitrogens with one attached hydrogen (secondary N) is 1. The fourth-order valence-electron chi connectivity index (χ4n) is 1.99. The molecule has 28 heavy (non-hydrogen) atoms. The number of amides is 2. The Morgan fingerprint density at radius 3 is 2.39 bits per heavy atom. The molecule has 0 aliphatic rings. The number of aliphatic imine (C=N–C) groups is 1. The van der Waals surface area contributed by atoms with Gasteiger partial charge >= 0.3 is 18.6 Å². The number of anilines is 1. The van der Waals surface area contributed by atoms with Crippen LogP contribution in [0.2, 0.25) is 0 Å². The molecule has 0 atom stereocenters. The highest BCUT2D eigenvalue weighted by Gasteiger charge is 2.43. The lowest BCUT2D eigenvalue weighted by Gasteiger charge is -2.16. The maximum Gasteiger partial charge on any atom is 0.461 e. The van der Waals surface area contributed by atoms with Crippen molar-refractivity contribution in [3.8, 4) is 5.75 Å². The summed E-state index contributed by atoms with van der Waals surface area (Å²) in [6.07, 6.45) is -8.57. The Morgan fingerprint density at radius 2 is 1.82 bits per heavy atom. The predicted molar refractivity (Wildman–Crippen MR) is 99.3 cm³/mol. The highest BCUT2D eigenvalue weighted by atomic mass is 79.9. The highest BCUT2D eigenvalue weighted by Crippen LogP contribution is 2.28. The lowest BCUT2D eigenvalue weighted by molar-refractivity contribution is -0.253. The number of nitrogens with zero attached hydrogens (tertiary/aromatic N) is 1. The van der Waals surface area contributed by atoms with Crippen LogP contribution in [0.15, 0.2) is 58.0 Å². The zero-order valence-corrected chi connectivity index (χ0v) is 16.1. The van der Waals surface area contributed by atoms with E-state index >= 15 is 0 Å². The van der Waals surface area contributed by atoms with Gasteiger partial charge in [0.15, 0.2) is 0 Å². The van der Waals surface area contributed by atoms with Gasteiger partial charge in [-0.1, -0.05) is 12.1 Å². The topological polar surface area (TPSA) is 59.9 Å². The van der Waals surface area contributed by atoms with Crippen molar-refractivity contribution in [1.82, 2.24) is 0 Å². The lowest BCUT2D eigenvalue weighted by atomic mass is 10.2. The molecule has 0 bridgehead atoms. The van der Waals surface area contributed by atoms with Crippen molar-refractivity contribution in [3.05, 3.63) is 58.6 Å². The van der Waals surface area contributed by atoms with Gasteiger partial charge in [0.2, 0.25) is 5.90 Å². The van der Waals surface area contributed by atoms with E-state index in [0.29, 0.717) is 10.0 Å². The Morgan fingerprint density at radius 1 is 1.18 bits per heavy atom. The standard InChI is InChI=1S/C18H15BrF4N2O3/c1-2-27-15(13-5-3-4-6-14(13)19)25-17(26)24-11-7-9-12(10-8-11)28-18(22,23)16(20)21/h3-10,16H,2H2,1H3,(H,24,26). The van der Waals surface area contributed by atoms with E-state index in [4.69, 9.17) is 4.74 Å². The van der Waals surface area contributed by atoms with Gasteiger partial charge in [-0.3, -0.25) is 0 Å². The summed E-state index contributed by atoms with van der Waals surface area (Å²) in [5, 5.41) is 2.42. The number of ether oxygens (including phenoxy) is 2. The molecule has 150 valence electrons. The fraction of sp³-hybridized carbons (Fsp3) is 0.222. The Bertz CT molecular complexity index is 845. The number of carbonyl (C=O) groups excluding carboxylic acids is 1. The molecule has 0 radical (unpaired) electrons. The van der Waals surface area contributed by atoms with E-state index in [0.717, 1.165) is 12.1 Å². The second-order valence-electron chi connectivity index (χ2n) is 5.25. The Hall–Kier alpha value is -2.62. The third-order valence-corrected chi connectivity index (χ3v) is 3.89. The third-order valence-electron chi connectivity index (χ3n) is 3.20. The summed E-state index contributed by atoms with van der Waals surface area (Å²) in [5.41, 5.74) is 0.766. The number of carbonyl (C=O) groups is 1. The van der Waals surface area contributed by atoms with E-state index in [-0.39, 0.29) is 18.2 Å². The number of hydrogen-bond donors (Lipinski definition) is 1. The maximum atomic E-state index is 12.9. The molecule has 1 N–H and O–H groups in total. The van der Waals surface area contributed by atoms with Gasteiger partial charge in [-0.15, -0.1) is 0 Å². The molecule has 0 saturated heterocycles. The molecule has 0 spiro atoms. The average Bonchev–Trinajstić information content (AvgIpc) is 2.63. The van der Waals surface area contributed by atoms with E-state index in [1.807, 2.05) is 0 Å². The van der Waals surface area contributed by atoms with Crippen molar-refractivity contribution >= 4 is 33.5 Å². The SMILES string of the molecule is CCOC(=NC(=O)Nc1ccc(OC(F)(F)C(F)F)cc1)c1ccccc1Br. The molecule has 0 unspecified atom stereocenters. The first-order chi connectivity index (χ1) is 13.2. The van der Waals surface area contributed by atoms with Crippen molar-refractivity contribution in [2.75, 3.05) is 11.9 Å². The Balaban J connectivity index is 2.11. The third kappa shape index (κ3) is 5.95. The van der Waals surface area contributed by atoms with E-state index in [9.17, 15) is 22.4 Å². The minimum atomic E-state index is -4.61. The summed E-state index contributed by atoms with van der Waals surface area (Å²) in [7, 11) is 0. The minimum Gasteiger partial charge on any atom is -0.477 e. The van der Waals surface area contributed by atoms with Crippen molar-refractivity contribution in [1.29, 1.82) is 0 Å². The van der Waals surface area contributed by atoms with Gasteiger partial charge < -0.3 is 14.8 Å². The zero-order valence-electron chi connectivity index (χ0n) is 14.5. The van der Waals surface area contributed by atoms with Gasteiger partial charge in [0, 0.05) is 10.2 Å². The summed E-state index contributed by atoms with van der Waals surface area (Å²) < 4.78 is 60.0. The first-order valence-electron chi connectivity index (χ1n) is 7.95. The molecular weight excluding hydrogens is 448 g/mol. The number of hydrogen-bond acceptors (Lipinski definition) is 3. The molecule has 0 fully saturated rings. The second kappa shape index (κ2) is 9.54. The molecule has 0 saturated carbocycles. The molecule has 2 rings (SSSR count). The van der Waals surface area contributed by atoms with E-state index in [2.05, 4.69) is 31.0 Å². The summed E-state index contributed by atoms with van der Waals surface area (Å²) in [5.74, 6) is -0.390. The van der Waals surface area contributed by atoms with Crippen molar-refractivity contribution < 1.29 is 31.8 Å². The van der Waals surface area contributed by atoms with Gasteiger partial charge in [-0.2, -0.15) is 22.6 Å². The first kappa shape index (κ1) is 21.7. The van der Waals surface area contributed by atoms with Crippen LogP contribution in [0.3, 0.4) is 0 Å². The molecule has 2 aromatic rings. The zero-order chi connectivity index (χ0) is 20.7. The monoisotopic (exact) mass is 462 g/mol. The summed E-state index contributed by atoms with van der Waals surface area (Å²) in [6, 6.07) is 10.7. The number of alkyl halides is 4. The highest BCUT2D eigenvalue weighted by molar-refractivity contribution is 9.10. The summed E-state index contributed by atoms with van der Waals surface area (Å²) in [6.45, 7) is 2.01. The van der Waals surface area contributed by atoms with Gasteiger partial charge in [-0.05, 0) is 59.3 Å². The fourth-order valence-corrected chi connectivity index (χ4v) is 2.45. The van der Waals surface area contributed by atoms with E-state index in [1.165, 1.54) is 12.1 Å². The maximum absolute atomic E-state index is 12.9. The van der Waals surface area contributed by atoms with Gasteiger partial charge in [0.25, 0.3) is 0 Å². The molecule has 0 heterocycles. The summed E-state index contributed by atoms with van der Waals surface area (Å²) in [4.78, 5) is 16.0. The van der Waals surface area contributed by atoms with Crippen LogP contribution in [0.25, 0.3) is 0 Å². The normalized spacial score (nSPS) is 12.0. The average molecular weight is 463 g/mol. The number of urea groups is 1. The van der Waals surface area contributed by atoms with Crippen molar-refractivity contribution in [3.63, 3.8) is 0 Å². The number of benzene rings is 2. The quantitative estimate of drug-likeness (QED) is 0.340. The van der Waals surface area contributed by atoms with Crippen LogP contribution in [-0.2, 0) is 4.74 Å². The molecule has 2 amide bonds. The van der Waals surface area contributed by atoms with Crippen LogP contribution in [0, 0.1) is 0 Å². The second-order valence-corrected chi connectivity index (χ2v) is 6.10. The van der Waals surface area contributed by atoms with E-state index < -0.39 is 24.3 Å².